The highest BCUT2D eigenvalue weighted by molar-refractivity contribution is 5.35. The highest BCUT2D eigenvalue weighted by Crippen LogP contribution is 2.34. The molecule has 0 aliphatic carbocycles. The molecule has 17 heavy (non-hydrogen) atoms. The number of rotatable bonds is 3. The Bertz CT molecular complexity index is 412. The second kappa shape index (κ2) is 4.33. The molecule has 94 valence electrons. The minimum absolute atomic E-state index is 0.0135. The van der Waals surface area contributed by atoms with Crippen LogP contribution in [0.1, 0.15) is 18.9 Å². The van der Waals surface area contributed by atoms with Gasteiger partial charge in [0.25, 0.3) is 5.69 Å². The minimum Gasteiger partial charge on any atom is -0.385 e. The third-order valence-electron chi connectivity index (χ3n) is 2.24. The molecular weight excluding hydrogens is 239 g/mol. The summed E-state index contributed by atoms with van der Waals surface area (Å²) in [5.41, 5.74) is -2.34. The molecule has 1 aromatic carbocycles. The van der Waals surface area contributed by atoms with Gasteiger partial charge in [-0.3, -0.25) is 10.1 Å². The fourth-order valence-corrected chi connectivity index (χ4v) is 1.43. The summed E-state index contributed by atoms with van der Waals surface area (Å²) in [5, 5.41) is 20.0. The van der Waals surface area contributed by atoms with E-state index in [0.29, 0.717) is 0 Å². The first kappa shape index (κ1) is 13.4. The van der Waals surface area contributed by atoms with Crippen molar-refractivity contribution in [3.63, 3.8) is 0 Å². The van der Waals surface area contributed by atoms with Gasteiger partial charge in [0.2, 0.25) is 0 Å². The van der Waals surface area contributed by atoms with E-state index < -0.39 is 23.1 Å². The minimum atomic E-state index is -4.51. The van der Waals surface area contributed by atoms with Crippen LogP contribution >= 0.6 is 0 Å². The summed E-state index contributed by atoms with van der Waals surface area (Å²) in [6.07, 6.45) is -5.91. The van der Waals surface area contributed by atoms with Gasteiger partial charge in [0.05, 0.1) is 16.9 Å². The number of non-ortho nitro benzene ring substituents is 1. The third kappa shape index (κ3) is 3.70. The number of hydrogen-bond donors (Lipinski definition) is 1. The van der Waals surface area contributed by atoms with Crippen LogP contribution in [0.3, 0.4) is 0 Å². The molecule has 0 amide bonds. The molecule has 1 aromatic rings. The smallest absolute Gasteiger partial charge is 0.385 e. The van der Waals surface area contributed by atoms with Gasteiger partial charge < -0.3 is 5.11 Å². The summed E-state index contributed by atoms with van der Waals surface area (Å²) in [6.45, 7) is 1.02. The van der Waals surface area contributed by atoms with Gasteiger partial charge in [0.1, 0.15) is 0 Å². The summed E-state index contributed by atoms with van der Waals surface area (Å²) in [7, 11) is 0. The molecule has 0 heterocycles. The molecule has 1 N–H and O–H groups in total. The van der Waals surface area contributed by atoms with Crippen LogP contribution in [0.4, 0.5) is 18.9 Å². The Kier molecular flexibility index (Phi) is 3.42. The van der Waals surface area contributed by atoms with Crippen molar-refractivity contribution in [2.24, 2.45) is 0 Å². The van der Waals surface area contributed by atoms with Gasteiger partial charge in [-0.25, -0.2) is 0 Å². The molecule has 0 bridgehead atoms. The molecule has 0 aromatic heterocycles. The van der Waals surface area contributed by atoms with Crippen molar-refractivity contribution in [1.82, 2.24) is 0 Å². The van der Waals surface area contributed by atoms with Gasteiger partial charge in [0, 0.05) is 12.1 Å². The lowest BCUT2D eigenvalue weighted by Crippen LogP contribution is -2.28. The van der Waals surface area contributed by atoms with Crippen LogP contribution in [0.2, 0.25) is 0 Å². The van der Waals surface area contributed by atoms with Crippen molar-refractivity contribution in [2.75, 3.05) is 0 Å². The molecule has 1 rings (SSSR count). The van der Waals surface area contributed by atoms with Crippen LogP contribution in [0.15, 0.2) is 24.3 Å². The fraction of sp³-hybridized carbons (Fsp3) is 0.400. The first-order valence-electron chi connectivity index (χ1n) is 4.66. The van der Waals surface area contributed by atoms with Crippen molar-refractivity contribution >= 4 is 5.69 Å². The zero-order chi connectivity index (χ0) is 13.3. The second-order valence-corrected chi connectivity index (χ2v) is 3.87. The Morgan fingerprint density at radius 3 is 2.12 bits per heavy atom. The molecule has 1 atom stereocenters. The summed E-state index contributed by atoms with van der Waals surface area (Å²) in [4.78, 5) is 9.69. The molecule has 0 spiro atoms. The molecule has 1 unspecified atom stereocenters. The number of benzene rings is 1. The predicted octanol–water partition coefficient (Wildman–Crippen LogP) is 2.75. The van der Waals surface area contributed by atoms with E-state index in [2.05, 4.69) is 0 Å². The average molecular weight is 249 g/mol. The maximum Gasteiger partial charge on any atom is 0.392 e. The van der Waals surface area contributed by atoms with Gasteiger partial charge >= 0.3 is 6.18 Å². The fourth-order valence-electron chi connectivity index (χ4n) is 1.43. The molecule has 0 fully saturated rings. The van der Waals surface area contributed by atoms with Gasteiger partial charge in [-0.05, 0) is 24.6 Å². The normalized spacial score (nSPS) is 15.4. The average Bonchev–Trinajstić information content (AvgIpc) is 2.14. The highest BCUT2D eigenvalue weighted by atomic mass is 19.4. The Hall–Kier alpha value is -1.63. The van der Waals surface area contributed by atoms with Crippen molar-refractivity contribution in [3.8, 4) is 0 Å². The maximum absolute atomic E-state index is 12.2. The zero-order valence-corrected chi connectivity index (χ0v) is 8.86. The largest absolute Gasteiger partial charge is 0.392 e. The second-order valence-electron chi connectivity index (χ2n) is 3.87. The number of halogens is 3. The lowest BCUT2D eigenvalue weighted by Gasteiger charge is -2.24. The molecular formula is C10H10F3NO3. The first-order chi connectivity index (χ1) is 7.62. The van der Waals surface area contributed by atoms with Gasteiger partial charge in [-0.1, -0.05) is 0 Å². The maximum atomic E-state index is 12.2. The van der Waals surface area contributed by atoms with Gasteiger partial charge in [0.15, 0.2) is 0 Å². The molecule has 0 saturated heterocycles. The molecule has 4 nitrogen and oxygen atoms in total. The summed E-state index contributed by atoms with van der Waals surface area (Å²) < 4.78 is 36.5. The zero-order valence-electron chi connectivity index (χ0n) is 8.86. The monoisotopic (exact) mass is 249 g/mol. The van der Waals surface area contributed by atoms with Crippen LogP contribution in [0.25, 0.3) is 0 Å². The van der Waals surface area contributed by atoms with Gasteiger partial charge in [-0.15, -0.1) is 0 Å². The van der Waals surface area contributed by atoms with E-state index in [9.17, 15) is 28.4 Å². The lowest BCUT2D eigenvalue weighted by molar-refractivity contribution is -0.384. The molecule has 0 radical (unpaired) electrons. The number of hydrogen-bond acceptors (Lipinski definition) is 3. The quantitative estimate of drug-likeness (QED) is 0.661. The Labute approximate surface area is 94.8 Å². The van der Waals surface area contributed by atoms with Crippen LogP contribution in [-0.2, 0) is 5.60 Å². The van der Waals surface area contributed by atoms with E-state index in [1.165, 1.54) is 0 Å². The standard InChI is InChI=1S/C10H10F3NO3/c1-9(15,6-10(11,12)13)7-2-4-8(5-3-7)14(16)17/h2-5,15H,6H2,1H3. The van der Waals surface area contributed by atoms with Crippen molar-refractivity contribution < 1.29 is 23.2 Å². The van der Waals surface area contributed by atoms with Gasteiger partial charge in [-0.2, -0.15) is 13.2 Å². The van der Waals surface area contributed by atoms with E-state index >= 15 is 0 Å². The number of nitro benzene ring substituents is 1. The van der Waals surface area contributed by atoms with Crippen LogP contribution < -0.4 is 0 Å². The molecule has 7 heteroatoms. The van der Waals surface area contributed by atoms with Crippen molar-refractivity contribution in [2.45, 2.75) is 25.1 Å². The Morgan fingerprint density at radius 1 is 1.29 bits per heavy atom. The van der Waals surface area contributed by atoms with E-state index in [0.717, 1.165) is 31.2 Å². The van der Waals surface area contributed by atoms with Crippen LogP contribution in [0, 0.1) is 10.1 Å². The SMILES string of the molecule is CC(O)(CC(F)(F)F)c1ccc([N+](=O)[O-])cc1. The predicted molar refractivity (Wildman–Crippen MR) is 53.3 cm³/mol. The van der Waals surface area contributed by atoms with Crippen molar-refractivity contribution in [1.29, 1.82) is 0 Å². The number of nitrogens with zero attached hydrogens (tertiary/aromatic N) is 1. The summed E-state index contributed by atoms with van der Waals surface area (Å²) >= 11 is 0. The number of aliphatic hydroxyl groups is 1. The summed E-state index contributed by atoms with van der Waals surface area (Å²) in [6, 6.07) is 4.34. The van der Waals surface area contributed by atoms with Crippen molar-refractivity contribution in [3.05, 3.63) is 39.9 Å². The lowest BCUT2D eigenvalue weighted by atomic mass is 9.92. The van der Waals surface area contributed by atoms with E-state index in [1.54, 1.807) is 0 Å². The Morgan fingerprint density at radius 2 is 1.76 bits per heavy atom. The Balaban J connectivity index is 2.96. The topological polar surface area (TPSA) is 63.4 Å². The molecule has 0 aliphatic heterocycles. The highest BCUT2D eigenvalue weighted by Gasteiger charge is 2.39. The van der Waals surface area contributed by atoms with E-state index in [1.807, 2.05) is 0 Å². The third-order valence-corrected chi connectivity index (χ3v) is 2.24. The first-order valence-corrected chi connectivity index (χ1v) is 4.66. The number of alkyl halides is 3. The molecule has 0 aliphatic rings. The molecule has 0 saturated carbocycles. The number of nitro groups is 1. The van der Waals surface area contributed by atoms with E-state index in [4.69, 9.17) is 0 Å². The van der Waals surface area contributed by atoms with E-state index in [-0.39, 0.29) is 11.3 Å². The van der Waals surface area contributed by atoms with Crippen LogP contribution in [-0.4, -0.2) is 16.2 Å². The van der Waals surface area contributed by atoms with Crippen LogP contribution in [0.5, 0.6) is 0 Å². The summed E-state index contributed by atoms with van der Waals surface area (Å²) in [5.74, 6) is 0.